The maximum atomic E-state index is 14.7. The molecule has 0 radical (unpaired) electrons. The third kappa shape index (κ3) is 4.66. The quantitative estimate of drug-likeness (QED) is 0.666. The average molecular weight is 418 g/mol. The number of ether oxygens (including phenoxy) is 2. The topological polar surface area (TPSA) is 42.0 Å². The van der Waals surface area contributed by atoms with Crippen LogP contribution in [-0.2, 0) is 16.1 Å². The van der Waals surface area contributed by atoms with Crippen LogP contribution in [0, 0.1) is 17.0 Å². The van der Waals surface area contributed by atoms with E-state index in [1.807, 2.05) is 0 Å². The predicted molar refractivity (Wildman–Crippen MR) is 97.9 cm³/mol. The van der Waals surface area contributed by atoms with Crippen LogP contribution >= 0.6 is 0 Å². The lowest BCUT2D eigenvalue weighted by molar-refractivity contribution is -0.170. The molecular weight excluding hydrogens is 392 g/mol. The fourth-order valence-corrected chi connectivity index (χ4v) is 4.61. The van der Waals surface area contributed by atoms with Crippen LogP contribution in [0.25, 0.3) is 0 Å². The Kier molecular flexibility index (Phi) is 6.38. The van der Waals surface area contributed by atoms with Crippen molar-refractivity contribution in [2.75, 3.05) is 47.0 Å². The summed E-state index contributed by atoms with van der Waals surface area (Å²) in [6.45, 7) is 0.583. The van der Waals surface area contributed by atoms with Crippen LogP contribution in [0.1, 0.15) is 24.8 Å². The van der Waals surface area contributed by atoms with Gasteiger partial charge in [0.25, 0.3) is 5.92 Å². The van der Waals surface area contributed by atoms with E-state index in [0.29, 0.717) is 38.6 Å². The molecule has 3 rings (SSSR count). The fourth-order valence-electron chi connectivity index (χ4n) is 4.61. The summed E-state index contributed by atoms with van der Waals surface area (Å²) in [6, 6.07) is 1.77. The van der Waals surface area contributed by atoms with Crippen molar-refractivity contribution >= 4 is 5.91 Å². The maximum absolute atomic E-state index is 14.7. The number of benzene rings is 1. The van der Waals surface area contributed by atoms with Crippen LogP contribution in [0.15, 0.2) is 12.1 Å². The number of nitrogens with zero attached hydrogens (tertiary/aromatic N) is 2. The summed E-state index contributed by atoms with van der Waals surface area (Å²) in [5, 5.41) is 0. The highest BCUT2D eigenvalue weighted by molar-refractivity contribution is 5.84. The molecule has 1 unspecified atom stereocenters. The third-order valence-corrected chi connectivity index (χ3v) is 5.65. The summed E-state index contributed by atoms with van der Waals surface area (Å²) in [5.41, 5.74) is -1.08. The summed E-state index contributed by atoms with van der Waals surface area (Å²) in [6.07, 6.45) is 0.459. The second-order valence-corrected chi connectivity index (χ2v) is 7.93. The van der Waals surface area contributed by atoms with Gasteiger partial charge in [-0.2, -0.15) is 0 Å². The van der Waals surface area contributed by atoms with Crippen molar-refractivity contribution in [2.24, 2.45) is 5.41 Å². The van der Waals surface area contributed by atoms with Gasteiger partial charge < -0.3 is 14.4 Å². The number of piperidine rings is 2. The molecule has 1 amide bonds. The number of hydrogen-bond donors (Lipinski definition) is 0. The minimum absolute atomic E-state index is 0.103. The van der Waals surface area contributed by atoms with E-state index in [0.717, 1.165) is 6.07 Å². The van der Waals surface area contributed by atoms with E-state index in [1.54, 1.807) is 4.90 Å². The van der Waals surface area contributed by atoms with Crippen molar-refractivity contribution in [1.82, 2.24) is 9.80 Å². The Labute approximate surface area is 167 Å². The van der Waals surface area contributed by atoms with E-state index in [-0.39, 0.29) is 30.3 Å². The molecule has 1 atom stereocenters. The lowest BCUT2D eigenvalue weighted by Crippen LogP contribution is -2.61. The Morgan fingerprint density at radius 3 is 2.62 bits per heavy atom. The first-order chi connectivity index (χ1) is 13.7. The molecule has 0 aromatic heterocycles. The SMILES string of the molecule is COCCN1CCCC2(CN(Cc3cc(F)cc(F)c3OC)CC(F)(F)C2)C1=O. The van der Waals surface area contributed by atoms with E-state index in [2.05, 4.69) is 0 Å². The normalized spacial score (nSPS) is 24.9. The minimum Gasteiger partial charge on any atom is -0.493 e. The van der Waals surface area contributed by atoms with Gasteiger partial charge in [-0.15, -0.1) is 0 Å². The van der Waals surface area contributed by atoms with Crippen LogP contribution in [0.2, 0.25) is 0 Å². The van der Waals surface area contributed by atoms with Gasteiger partial charge in [0.2, 0.25) is 5.91 Å². The highest BCUT2D eigenvalue weighted by Gasteiger charge is 2.55. The molecular formula is C20H26F4N2O3. The second kappa shape index (κ2) is 8.47. The molecule has 2 heterocycles. The maximum Gasteiger partial charge on any atom is 0.261 e. The third-order valence-electron chi connectivity index (χ3n) is 5.65. The van der Waals surface area contributed by atoms with Crippen LogP contribution in [-0.4, -0.2) is 68.6 Å². The van der Waals surface area contributed by atoms with Crippen molar-refractivity contribution in [3.8, 4) is 5.75 Å². The number of rotatable bonds is 6. The van der Waals surface area contributed by atoms with Crippen molar-refractivity contribution in [1.29, 1.82) is 0 Å². The summed E-state index contributed by atoms with van der Waals surface area (Å²) in [4.78, 5) is 16.1. The van der Waals surface area contributed by atoms with E-state index >= 15 is 0 Å². The summed E-state index contributed by atoms with van der Waals surface area (Å²) in [5.74, 6) is -5.26. The Hall–Kier alpha value is -1.87. The van der Waals surface area contributed by atoms with Crippen LogP contribution < -0.4 is 4.74 Å². The lowest BCUT2D eigenvalue weighted by atomic mass is 9.71. The van der Waals surface area contributed by atoms with Gasteiger partial charge >= 0.3 is 0 Å². The predicted octanol–water partition coefficient (Wildman–Crippen LogP) is 3.07. The van der Waals surface area contributed by atoms with Gasteiger partial charge in [-0.3, -0.25) is 9.69 Å². The number of methoxy groups -OCH3 is 2. The zero-order valence-electron chi connectivity index (χ0n) is 16.6. The molecule has 0 bridgehead atoms. The summed E-state index contributed by atoms with van der Waals surface area (Å²) >= 11 is 0. The summed E-state index contributed by atoms with van der Waals surface area (Å²) < 4.78 is 67.0. The first-order valence-corrected chi connectivity index (χ1v) is 9.60. The zero-order valence-corrected chi connectivity index (χ0v) is 16.6. The number of likely N-dealkylation sites (tertiary alicyclic amines) is 2. The molecule has 1 spiro atoms. The minimum atomic E-state index is -3.09. The molecule has 2 saturated heterocycles. The fraction of sp³-hybridized carbons (Fsp3) is 0.650. The van der Waals surface area contributed by atoms with Crippen LogP contribution in [0.4, 0.5) is 17.6 Å². The van der Waals surface area contributed by atoms with Gasteiger partial charge in [0.05, 0.1) is 25.7 Å². The van der Waals surface area contributed by atoms with Crippen LogP contribution in [0.5, 0.6) is 5.75 Å². The van der Waals surface area contributed by atoms with E-state index < -0.39 is 35.9 Å². The van der Waals surface area contributed by atoms with Gasteiger partial charge in [0.1, 0.15) is 5.82 Å². The van der Waals surface area contributed by atoms with Crippen molar-refractivity contribution in [2.45, 2.75) is 31.7 Å². The van der Waals surface area contributed by atoms with E-state index in [9.17, 15) is 22.4 Å². The molecule has 0 saturated carbocycles. The Morgan fingerprint density at radius 1 is 1.17 bits per heavy atom. The van der Waals surface area contributed by atoms with Crippen molar-refractivity contribution < 1.29 is 31.8 Å². The molecule has 9 heteroatoms. The van der Waals surface area contributed by atoms with Gasteiger partial charge in [-0.25, -0.2) is 17.6 Å². The first-order valence-electron chi connectivity index (χ1n) is 9.60. The molecule has 162 valence electrons. The number of amides is 1. The molecule has 2 aliphatic heterocycles. The Bertz CT molecular complexity index is 761. The molecule has 1 aromatic rings. The molecule has 0 aliphatic carbocycles. The molecule has 2 fully saturated rings. The molecule has 5 nitrogen and oxygen atoms in total. The summed E-state index contributed by atoms with van der Waals surface area (Å²) in [7, 11) is 2.76. The highest BCUT2D eigenvalue weighted by atomic mass is 19.3. The molecule has 29 heavy (non-hydrogen) atoms. The monoisotopic (exact) mass is 418 g/mol. The number of alkyl halides is 2. The van der Waals surface area contributed by atoms with Crippen LogP contribution in [0.3, 0.4) is 0 Å². The van der Waals surface area contributed by atoms with Gasteiger partial charge in [-0.1, -0.05) is 0 Å². The average Bonchev–Trinajstić information content (AvgIpc) is 2.61. The molecule has 0 N–H and O–H groups in total. The molecule has 2 aliphatic rings. The van der Waals surface area contributed by atoms with Gasteiger partial charge in [0, 0.05) is 51.3 Å². The number of hydrogen-bond acceptors (Lipinski definition) is 4. The zero-order chi connectivity index (χ0) is 21.2. The first kappa shape index (κ1) is 21.8. The molecule has 1 aromatic carbocycles. The smallest absolute Gasteiger partial charge is 0.261 e. The largest absolute Gasteiger partial charge is 0.493 e. The van der Waals surface area contributed by atoms with Crippen molar-refractivity contribution in [3.63, 3.8) is 0 Å². The lowest BCUT2D eigenvalue weighted by Gasteiger charge is -2.49. The standard InChI is InChI=1S/C20H26F4N2O3/c1-28-7-6-26-5-3-4-19(18(26)27)11-20(23,24)13-25(12-19)10-14-8-15(21)9-16(22)17(14)29-2/h8-9H,3-7,10-13H2,1-2H3. The second-order valence-electron chi connectivity index (χ2n) is 7.93. The highest BCUT2D eigenvalue weighted by Crippen LogP contribution is 2.45. The van der Waals surface area contributed by atoms with E-state index in [4.69, 9.17) is 9.47 Å². The number of carbonyl (C=O) groups excluding carboxylic acids is 1. The Balaban J connectivity index is 1.86. The van der Waals surface area contributed by atoms with Gasteiger partial charge in [-0.05, 0) is 18.9 Å². The Morgan fingerprint density at radius 2 is 1.93 bits per heavy atom. The van der Waals surface area contributed by atoms with Gasteiger partial charge in [0.15, 0.2) is 11.6 Å². The van der Waals surface area contributed by atoms with E-state index in [1.165, 1.54) is 19.1 Å². The number of carbonyl (C=O) groups is 1. The van der Waals surface area contributed by atoms with Crippen molar-refractivity contribution in [3.05, 3.63) is 29.3 Å². The number of halogens is 4.